The molecule has 2 amide bonds. The molecule has 6 heteroatoms. The summed E-state index contributed by atoms with van der Waals surface area (Å²) in [6.07, 6.45) is -1.30. The lowest BCUT2D eigenvalue weighted by atomic mass is 9.91. The molecule has 0 aliphatic rings. The highest BCUT2D eigenvalue weighted by Crippen LogP contribution is 2.15. The first-order valence-corrected chi connectivity index (χ1v) is 4.31. The van der Waals surface area contributed by atoms with Gasteiger partial charge in [0.2, 0.25) is 5.91 Å². The third kappa shape index (κ3) is 3.71. The Hall–Kier alpha value is -1.14. The molecular formula is C8H16N2O4. The molecule has 0 heterocycles. The number of nitrogens with one attached hydrogen (secondary N) is 1. The van der Waals surface area contributed by atoms with Gasteiger partial charge in [0.05, 0.1) is 5.92 Å². The molecular weight excluding hydrogens is 188 g/mol. The summed E-state index contributed by atoms with van der Waals surface area (Å²) in [7, 11) is 0. The van der Waals surface area contributed by atoms with Crippen LogP contribution in [0, 0.1) is 11.8 Å². The monoisotopic (exact) mass is 204 g/mol. The third-order valence-corrected chi connectivity index (χ3v) is 1.85. The molecule has 0 aromatic heterocycles. The van der Waals surface area contributed by atoms with Crippen LogP contribution in [0.1, 0.15) is 20.3 Å². The zero-order valence-electron chi connectivity index (χ0n) is 8.23. The lowest BCUT2D eigenvalue weighted by Crippen LogP contribution is -2.44. The fourth-order valence-electron chi connectivity index (χ4n) is 1.16. The topological polar surface area (TPSA) is 113 Å². The van der Waals surface area contributed by atoms with Crippen molar-refractivity contribution in [1.29, 1.82) is 0 Å². The summed E-state index contributed by atoms with van der Waals surface area (Å²) in [5.74, 6) is -2.62. The van der Waals surface area contributed by atoms with Gasteiger partial charge >= 0.3 is 0 Å². The second-order valence-corrected chi connectivity index (χ2v) is 3.56. The van der Waals surface area contributed by atoms with E-state index in [4.69, 9.17) is 10.9 Å². The molecule has 5 N–H and O–H groups in total. The maximum atomic E-state index is 10.9. The summed E-state index contributed by atoms with van der Waals surface area (Å²) in [4.78, 5) is 21.7. The molecule has 2 unspecified atom stereocenters. The van der Waals surface area contributed by atoms with Crippen molar-refractivity contribution in [2.24, 2.45) is 17.6 Å². The molecule has 0 aromatic rings. The predicted molar refractivity (Wildman–Crippen MR) is 48.1 cm³/mol. The van der Waals surface area contributed by atoms with Gasteiger partial charge in [-0.05, 0) is 12.3 Å². The minimum atomic E-state index is -1.60. The minimum absolute atomic E-state index is 0.119. The largest absolute Gasteiger partial charge is 0.382 e. The Morgan fingerprint density at radius 1 is 1.43 bits per heavy atom. The van der Waals surface area contributed by atoms with Gasteiger partial charge < -0.3 is 10.8 Å². The van der Waals surface area contributed by atoms with Gasteiger partial charge in [-0.25, -0.2) is 5.48 Å². The summed E-state index contributed by atoms with van der Waals surface area (Å²) in [5.41, 5.74) is 6.29. The molecule has 0 radical (unpaired) electrons. The Balaban J connectivity index is 4.48. The second-order valence-electron chi connectivity index (χ2n) is 3.56. The zero-order valence-corrected chi connectivity index (χ0v) is 8.23. The van der Waals surface area contributed by atoms with Crippen LogP contribution in [0.3, 0.4) is 0 Å². The number of hydrogen-bond acceptors (Lipinski definition) is 4. The molecule has 0 aliphatic carbocycles. The van der Waals surface area contributed by atoms with E-state index in [1.54, 1.807) is 0 Å². The van der Waals surface area contributed by atoms with Crippen molar-refractivity contribution in [3.05, 3.63) is 0 Å². The van der Waals surface area contributed by atoms with Crippen LogP contribution in [-0.4, -0.2) is 28.2 Å². The number of rotatable bonds is 5. The van der Waals surface area contributed by atoms with E-state index in [-0.39, 0.29) is 5.92 Å². The number of hydroxylamine groups is 1. The highest BCUT2D eigenvalue weighted by atomic mass is 16.5. The number of hydrogen-bond donors (Lipinski definition) is 4. The van der Waals surface area contributed by atoms with Crippen LogP contribution in [0.15, 0.2) is 0 Å². The van der Waals surface area contributed by atoms with Crippen molar-refractivity contribution in [3.63, 3.8) is 0 Å². The van der Waals surface area contributed by atoms with Gasteiger partial charge in [-0.1, -0.05) is 13.8 Å². The van der Waals surface area contributed by atoms with Crippen LogP contribution in [0.25, 0.3) is 0 Å². The number of aliphatic hydroxyl groups excluding tert-OH is 1. The third-order valence-electron chi connectivity index (χ3n) is 1.85. The number of nitrogens with two attached hydrogens (primary N) is 1. The van der Waals surface area contributed by atoms with Crippen molar-refractivity contribution in [2.75, 3.05) is 0 Å². The number of amides is 2. The first kappa shape index (κ1) is 12.9. The molecule has 0 aromatic carbocycles. The maximum Gasteiger partial charge on any atom is 0.272 e. The van der Waals surface area contributed by atoms with Gasteiger partial charge in [0, 0.05) is 0 Å². The van der Waals surface area contributed by atoms with Crippen molar-refractivity contribution >= 4 is 11.8 Å². The number of carbonyl (C=O) groups excluding carboxylic acids is 2. The number of carbonyl (C=O) groups is 2. The van der Waals surface area contributed by atoms with Gasteiger partial charge in [-0.15, -0.1) is 0 Å². The Labute approximate surface area is 82.0 Å². The van der Waals surface area contributed by atoms with E-state index in [9.17, 15) is 14.7 Å². The van der Waals surface area contributed by atoms with Gasteiger partial charge in [0.25, 0.3) is 5.91 Å². The number of aliphatic hydroxyl groups is 1. The summed E-state index contributed by atoms with van der Waals surface area (Å²) >= 11 is 0. The minimum Gasteiger partial charge on any atom is -0.382 e. The molecule has 6 nitrogen and oxygen atoms in total. The van der Waals surface area contributed by atoms with E-state index in [0.717, 1.165) is 0 Å². The standard InChI is InChI=1S/C8H16N2O4/c1-4(2)3-5(7(9)12)6(11)8(13)10-14/h4-6,11,14H,3H2,1-2H3,(H2,9,12)(H,10,13). The van der Waals surface area contributed by atoms with E-state index >= 15 is 0 Å². The van der Waals surface area contributed by atoms with Gasteiger partial charge in [0.15, 0.2) is 0 Å². The first-order chi connectivity index (χ1) is 6.40. The van der Waals surface area contributed by atoms with Crippen molar-refractivity contribution in [2.45, 2.75) is 26.4 Å². The van der Waals surface area contributed by atoms with E-state index < -0.39 is 23.8 Å². The molecule has 82 valence electrons. The van der Waals surface area contributed by atoms with Crippen LogP contribution >= 0.6 is 0 Å². The molecule has 0 saturated carbocycles. The predicted octanol–water partition coefficient (Wildman–Crippen LogP) is -1.000. The maximum absolute atomic E-state index is 10.9. The van der Waals surface area contributed by atoms with Crippen molar-refractivity contribution < 1.29 is 19.9 Å². The highest BCUT2D eigenvalue weighted by Gasteiger charge is 2.30. The van der Waals surface area contributed by atoms with Crippen LogP contribution in [0.2, 0.25) is 0 Å². The van der Waals surface area contributed by atoms with E-state index in [2.05, 4.69) is 0 Å². The molecule has 0 spiro atoms. The highest BCUT2D eigenvalue weighted by molar-refractivity contribution is 5.87. The summed E-state index contributed by atoms with van der Waals surface area (Å²) in [6.45, 7) is 3.67. The molecule has 14 heavy (non-hydrogen) atoms. The molecule has 0 bridgehead atoms. The molecule has 0 fully saturated rings. The van der Waals surface area contributed by atoms with E-state index in [0.29, 0.717) is 6.42 Å². The van der Waals surface area contributed by atoms with Crippen molar-refractivity contribution in [3.8, 4) is 0 Å². The van der Waals surface area contributed by atoms with Gasteiger partial charge in [-0.2, -0.15) is 0 Å². The average Bonchev–Trinajstić information content (AvgIpc) is 2.11. The van der Waals surface area contributed by atoms with Gasteiger partial charge in [-0.3, -0.25) is 14.8 Å². The van der Waals surface area contributed by atoms with Crippen LogP contribution in [-0.2, 0) is 9.59 Å². The van der Waals surface area contributed by atoms with E-state index in [1.165, 1.54) is 5.48 Å². The average molecular weight is 204 g/mol. The molecule has 0 aliphatic heterocycles. The van der Waals surface area contributed by atoms with Crippen LogP contribution in [0.4, 0.5) is 0 Å². The Kier molecular flexibility index (Phi) is 5.11. The van der Waals surface area contributed by atoms with Gasteiger partial charge in [0.1, 0.15) is 6.10 Å². The Bertz CT molecular complexity index is 217. The fraction of sp³-hybridized carbons (Fsp3) is 0.750. The number of primary amides is 1. The Morgan fingerprint density at radius 2 is 1.93 bits per heavy atom. The smallest absolute Gasteiger partial charge is 0.272 e. The summed E-state index contributed by atoms with van der Waals surface area (Å²) in [5, 5.41) is 17.6. The molecule has 0 saturated heterocycles. The van der Waals surface area contributed by atoms with E-state index in [1.807, 2.05) is 13.8 Å². The normalized spacial score (nSPS) is 14.9. The zero-order chi connectivity index (χ0) is 11.3. The molecule has 2 atom stereocenters. The lowest BCUT2D eigenvalue weighted by molar-refractivity contribution is -0.145. The van der Waals surface area contributed by atoms with Crippen LogP contribution < -0.4 is 11.2 Å². The SMILES string of the molecule is CC(C)CC(C(N)=O)C(O)C(=O)NO. The first-order valence-electron chi connectivity index (χ1n) is 4.31. The lowest BCUT2D eigenvalue weighted by Gasteiger charge is -2.19. The fourth-order valence-corrected chi connectivity index (χ4v) is 1.16. The second kappa shape index (κ2) is 5.56. The summed E-state index contributed by atoms with van der Waals surface area (Å²) < 4.78 is 0. The Morgan fingerprint density at radius 3 is 2.21 bits per heavy atom. The molecule has 0 rings (SSSR count). The van der Waals surface area contributed by atoms with Crippen LogP contribution in [0.5, 0.6) is 0 Å². The quantitative estimate of drug-likeness (QED) is 0.340. The summed E-state index contributed by atoms with van der Waals surface area (Å²) in [6, 6.07) is 0. The van der Waals surface area contributed by atoms with Crippen molar-refractivity contribution in [1.82, 2.24) is 5.48 Å².